The highest BCUT2D eigenvalue weighted by atomic mass is 16.5. The molecule has 0 spiro atoms. The van der Waals surface area contributed by atoms with Crippen LogP contribution < -0.4 is 10.5 Å². The Bertz CT molecular complexity index is 387. The van der Waals surface area contributed by atoms with Crippen LogP contribution in [0.2, 0.25) is 0 Å². The zero-order valence-corrected chi connectivity index (χ0v) is 8.14. The predicted octanol–water partition coefficient (Wildman–Crippen LogP) is 0.637. The molecule has 5 nitrogen and oxygen atoms in total. The molecule has 80 valence electrons. The average Bonchev–Trinajstić information content (AvgIpc) is 2.18. The minimum Gasteiger partial charge on any atom is -0.478 e. The smallest absolute Gasteiger partial charge is 0.339 e. The third-order valence-electron chi connectivity index (χ3n) is 1.70. The molecule has 1 aromatic carbocycles. The van der Waals surface area contributed by atoms with Gasteiger partial charge in [0.05, 0.1) is 0 Å². The van der Waals surface area contributed by atoms with Gasteiger partial charge in [-0.05, 0) is 19.1 Å². The zero-order chi connectivity index (χ0) is 11.4. The molecule has 0 bridgehead atoms. The Morgan fingerprint density at radius 2 is 2.00 bits per heavy atom. The van der Waals surface area contributed by atoms with Crippen molar-refractivity contribution in [1.82, 2.24) is 0 Å². The molecule has 1 rings (SSSR count). The normalized spacial score (nSPS) is 11.9. The van der Waals surface area contributed by atoms with Gasteiger partial charge in [0.25, 0.3) is 0 Å². The van der Waals surface area contributed by atoms with Crippen LogP contribution in [0.5, 0.6) is 5.75 Å². The van der Waals surface area contributed by atoms with Crippen molar-refractivity contribution < 1.29 is 19.4 Å². The van der Waals surface area contributed by atoms with Crippen LogP contribution in [0.1, 0.15) is 17.3 Å². The highest BCUT2D eigenvalue weighted by Gasteiger charge is 2.15. The van der Waals surface area contributed by atoms with Crippen molar-refractivity contribution in [1.29, 1.82) is 0 Å². The maximum atomic E-state index is 11.1. The van der Waals surface area contributed by atoms with Crippen LogP contribution in [0.15, 0.2) is 24.3 Å². The predicted molar refractivity (Wildman–Crippen MR) is 52.7 cm³/mol. The number of hydrogen-bond donors (Lipinski definition) is 2. The molecular formula is C10H11NO4. The largest absolute Gasteiger partial charge is 0.478 e. The van der Waals surface area contributed by atoms with E-state index >= 15 is 0 Å². The molecule has 15 heavy (non-hydrogen) atoms. The summed E-state index contributed by atoms with van der Waals surface area (Å²) in [5, 5.41) is 8.79. The Morgan fingerprint density at radius 1 is 1.40 bits per heavy atom. The van der Waals surface area contributed by atoms with E-state index in [1.165, 1.54) is 19.1 Å². The molecule has 0 heterocycles. The zero-order valence-electron chi connectivity index (χ0n) is 8.14. The molecule has 1 aromatic rings. The molecule has 0 unspecified atom stereocenters. The highest BCUT2D eigenvalue weighted by molar-refractivity contribution is 5.92. The summed E-state index contributed by atoms with van der Waals surface area (Å²) in [6.07, 6.45) is 0. The van der Waals surface area contributed by atoms with Crippen LogP contribution in [0.3, 0.4) is 0 Å². The standard InChI is InChI=1S/C10H11NO4/c1-6(11)10(14)15-8-5-3-2-4-7(8)9(12)13/h2-6H,11H2,1H3,(H,12,13)/t6-/m1/s1. The summed E-state index contributed by atoms with van der Waals surface area (Å²) >= 11 is 0. The third kappa shape index (κ3) is 2.78. The van der Waals surface area contributed by atoms with E-state index in [0.717, 1.165) is 0 Å². The van der Waals surface area contributed by atoms with Crippen molar-refractivity contribution in [3.63, 3.8) is 0 Å². The fraction of sp³-hybridized carbons (Fsp3) is 0.200. The first-order valence-corrected chi connectivity index (χ1v) is 4.32. The molecule has 0 fully saturated rings. The maximum absolute atomic E-state index is 11.1. The highest BCUT2D eigenvalue weighted by Crippen LogP contribution is 2.17. The van der Waals surface area contributed by atoms with Gasteiger partial charge in [-0.25, -0.2) is 9.59 Å². The van der Waals surface area contributed by atoms with E-state index in [-0.39, 0.29) is 11.3 Å². The Kier molecular flexibility index (Phi) is 3.41. The minimum absolute atomic E-state index is 0.00676. The van der Waals surface area contributed by atoms with Gasteiger partial charge in [-0.3, -0.25) is 0 Å². The van der Waals surface area contributed by atoms with Gasteiger partial charge in [-0.15, -0.1) is 0 Å². The third-order valence-corrected chi connectivity index (χ3v) is 1.70. The molecule has 0 amide bonds. The van der Waals surface area contributed by atoms with Gasteiger partial charge in [0.1, 0.15) is 17.4 Å². The lowest BCUT2D eigenvalue weighted by atomic mass is 10.2. The van der Waals surface area contributed by atoms with E-state index in [4.69, 9.17) is 15.6 Å². The lowest BCUT2D eigenvalue weighted by molar-refractivity contribution is -0.135. The van der Waals surface area contributed by atoms with Gasteiger partial charge in [-0.2, -0.15) is 0 Å². The van der Waals surface area contributed by atoms with Crippen molar-refractivity contribution >= 4 is 11.9 Å². The average molecular weight is 209 g/mol. The maximum Gasteiger partial charge on any atom is 0.339 e. The SMILES string of the molecule is C[C@@H](N)C(=O)Oc1ccccc1C(=O)O. The summed E-state index contributed by atoms with van der Waals surface area (Å²) in [5.41, 5.74) is 5.22. The summed E-state index contributed by atoms with van der Waals surface area (Å²) in [7, 11) is 0. The van der Waals surface area contributed by atoms with Crippen molar-refractivity contribution in [2.45, 2.75) is 13.0 Å². The molecule has 5 heteroatoms. The van der Waals surface area contributed by atoms with Crippen LogP contribution in [-0.2, 0) is 4.79 Å². The fourth-order valence-electron chi connectivity index (χ4n) is 0.934. The number of para-hydroxylation sites is 1. The van der Waals surface area contributed by atoms with Crippen LogP contribution in [-0.4, -0.2) is 23.1 Å². The lowest BCUT2D eigenvalue weighted by Crippen LogP contribution is -2.31. The van der Waals surface area contributed by atoms with Gasteiger partial charge < -0.3 is 15.6 Å². The van der Waals surface area contributed by atoms with Crippen molar-refractivity contribution in [2.24, 2.45) is 5.73 Å². The number of benzene rings is 1. The summed E-state index contributed by atoms with van der Waals surface area (Å²) in [4.78, 5) is 21.9. The summed E-state index contributed by atoms with van der Waals surface area (Å²) in [5.74, 6) is -1.81. The molecule has 0 saturated carbocycles. The quantitative estimate of drug-likeness (QED) is 0.563. The van der Waals surface area contributed by atoms with E-state index in [0.29, 0.717) is 0 Å². The van der Waals surface area contributed by atoms with Gasteiger partial charge in [0, 0.05) is 0 Å². The van der Waals surface area contributed by atoms with E-state index in [1.54, 1.807) is 12.1 Å². The molecule has 0 aromatic heterocycles. The van der Waals surface area contributed by atoms with Crippen molar-refractivity contribution in [3.05, 3.63) is 29.8 Å². The van der Waals surface area contributed by atoms with Crippen LogP contribution in [0.4, 0.5) is 0 Å². The van der Waals surface area contributed by atoms with E-state index in [9.17, 15) is 9.59 Å². The van der Waals surface area contributed by atoms with E-state index in [2.05, 4.69) is 0 Å². The number of ether oxygens (including phenoxy) is 1. The Balaban J connectivity index is 2.94. The monoisotopic (exact) mass is 209 g/mol. The first-order chi connectivity index (χ1) is 7.02. The Morgan fingerprint density at radius 3 is 2.53 bits per heavy atom. The number of carboxylic acids is 1. The molecule has 1 atom stereocenters. The number of carboxylic acid groups (broad SMARTS) is 1. The first kappa shape index (κ1) is 11.2. The molecule has 0 saturated heterocycles. The van der Waals surface area contributed by atoms with Gasteiger partial charge in [0.15, 0.2) is 0 Å². The van der Waals surface area contributed by atoms with E-state index in [1.807, 2.05) is 0 Å². The number of aromatic carboxylic acids is 1. The topological polar surface area (TPSA) is 89.6 Å². The number of hydrogen-bond acceptors (Lipinski definition) is 4. The fourth-order valence-corrected chi connectivity index (χ4v) is 0.934. The molecule has 0 aliphatic rings. The number of rotatable bonds is 3. The second kappa shape index (κ2) is 4.56. The molecular weight excluding hydrogens is 198 g/mol. The Labute approximate surface area is 86.5 Å². The van der Waals surface area contributed by atoms with Crippen molar-refractivity contribution in [2.75, 3.05) is 0 Å². The summed E-state index contributed by atoms with van der Waals surface area (Å²) in [6.45, 7) is 1.46. The molecule has 0 radical (unpaired) electrons. The summed E-state index contributed by atoms with van der Waals surface area (Å²) in [6, 6.07) is 5.10. The van der Waals surface area contributed by atoms with Crippen LogP contribution >= 0.6 is 0 Å². The molecule has 0 aliphatic heterocycles. The first-order valence-electron chi connectivity index (χ1n) is 4.32. The minimum atomic E-state index is -1.15. The van der Waals surface area contributed by atoms with Gasteiger partial charge in [-0.1, -0.05) is 12.1 Å². The van der Waals surface area contributed by atoms with Crippen LogP contribution in [0, 0.1) is 0 Å². The lowest BCUT2D eigenvalue weighted by Gasteiger charge is -2.08. The number of carbonyl (C=O) groups is 2. The Hall–Kier alpha value is -1.88. The molecule has 3 N–H and O–H groups in total. The number of nitrogens with two attached hydrogens (primary N) is 1. The van der Waals surface area contributed by atoms with Gasteiger partial charge >= 0.3 is 11.9 Å². The molecule has 0 aliphatic carbocycles. The second-order valence-corrected chi connectivity index (χ2v) is 3.01. The summed E-state index contributed by atoms with van der Waals surface area (Å²) < 4.78 is 4.82. The number of esters is 1. The number of carbonyl (C=O) groups excluding carboxylic acids is 1. The van der Waals surface area contributed by atoms with Gasteiger partial charge in [0.2, 0.25) is 0 Å². The van der Waals surface area contributed by atoms with Crippen molar-refractivity contribution in [3.8, 4) is 5.75 Å². The van der Waals surface area contributed by atoms with Crippen LogP contribution in [0.25, 0.3) is 0 Å². The van der Waals surface area contributed by atoms with E-state index < -0.39 is 18.0 Å². The second-order valence-electron chi connectivity index (χ2n) is 3.01.